The van der Waals surface area contributed by atoms with Crippen molar-refractivity contribution in [3.05, 3.63) is 54.1 Å². The van der Waals surface area contributed by atoms with Crippen molar-refractivity contribution in [2.24, 2.45) is 0 Å². The van der Waals surface area contributed by atoms with Gasteiger partial charge in [-0.05, 0) is 37.3 Å². The molecular formula is C15H14O4. The largest absolute Gasteiger partial charge is 0.508 e. The third-order valence-electron chi connectivity index (χ3n) is 2.82. The molecular weight excluding hydrogens is 244 g/mol. The summed E-state index contributed by atoms with van der Waals surface area (Å²) in [5.41, 5.74) is 0.614. The van der Waals surface area contributed by atoms with Crippen molar-refractivity contribution in [3.63, 3.8) is 0 Å². The van der Waals surface area contributed by atoms with E-state index in [9.17, 15) is 9.90 Å². The molecule has 0 aliphatic carbocycles. The summed E-state index contributed by atoms with van der Waals surface area (Å²) in [4.78, 5) is 11.1. The van der Waals surface area contributed by atoms with Gasteiger partial charge in [-0.2, -0.15) is 0 Å². The van der Waals surface area contributed by atoms with Gasteiger partial charge < -0.3 is 14.9 Å². The maximum absolute atomic E-state index is 11.1. The Balaban J connectivity index is 2.30. The Labute approximate surface area is 110 Å². The number of rotatable bonds is 4. The quantitative estimate of drug-likeness (QED) is 0.882. The number of benzene rings is 2. The number of carboxylic acids is 1. The van der Waals surface area contributed by atoms with Gasteiger partial charge >= 0.3 is 5.97 Å². The minimum atomic E-state index is -0.901. The summed E-state index contributed by atoms with van der Waals surface area (Å²) in [5, 5.41) is 18.3. The molecule has 0 heterocycles. The average Bonchev–Trinajstić information content (AvgIpc) is 2.41. The summed E-state index contributed by atoms with van der Waals surface area (Å²) in [6.07, 6.45) is 0. The summed E-state index contributed by atoms with van der Waals surface area (Å²) < 4.78 is 5.66. The van der Waals surface area contributed by atoms with Crippen LogP contribution in [0.15, 0.2) is 48.5 Å². The van der Waals surface area contributed by atoms with Crippen molar-refractivity contribution < 1.29 is 19.7 Å². The fourth-order valence-corrected chi connectivity index (χ4v) is 1.71. The number of aromatic hydroxyl groups is 1. The van der Waals surface area contributed by atoms with E-state index in [2.05, 4.69) is 0 Å². The predicted octanol–water partition coefficient (Wildman–Crippen LogP) is 3.37. The number of aliphatic carboxylic acids is 1. The van der Waals surface area contributed by atoms with E-state index in [0.29, 0.717) is 17.1 Å². The number of carbonyl (C=O) groups is 1. The predicted molar refractivity (Wildman–Crippen MR) is 70.7 cm³/mol. The Morgan fingerprint density at radius 1 is 1.11 bits per heavy atom. The van der Waals surface area contributed by atoms with Crippen LogP contribution in [0.5, 0.6) is 17.2 Å². The topological polar surface area (TPSA) is 66.8 Å². The molecule has 0 aliphatic rings. The molecule has 1 atom stereocenters. The van der Waals surface area contributed by atoms with Crippen LogP contribution in [0.4, 0.5) is 0 Å². The van der Waals surface area contributed by atoms with Crippen LogP contribution in [-0.2, 0) is 4.79 Å². The zero-order valence-electron chi connectivity index (χ0n) is 10.4. The molecule has 0 spiro atoms. The number of ether oxygens (including phenoxy) is 1. The first-order valence-electron chi connectivity index (χ1n) is 5.86. The summed E-state index contributed by atoms with van der Waals surface area (Å²) >= 11 is 0. The smallest absolute Gasteiger partial charge is 0.310 e. The highest BCUT2D eigenvalue weighted by atomic mass is 16.5. The van der Waals surface area contributed by atoms with E-state index in [4.69, 9.17) is 9.84 Å². The van der Waals surface area contributed by atoms with Crippen LogP contribution in [0.25, 0.3) is 0 Å². The first-order valence-corrected chi connectivity index (χ1v) is 5.86. The molecule has 0 saturated carbocycles. The van der Waals surface area contributed by atoms with Gasteiger partial charge in [0.15, 0.2) is 0 Å². The van der Waals surface area contributed by atoms with Crippen LogP contribution in [0.1, 0.15) is 18.4 Å². The zero-order valence-corrected chi connectivity index (χ0v) is 10.4. The minimum Gasteiger partial charge on any atom is -0.508 e. The fraction of sp³-hybridized carbons (Fsp3) is 0.133. The molecule has 2 rings (SSSR count). The molecule has 4 heteroatoms. The molecule has 2 N–H and O–H groups in total. The summed E-state index contributed by atoms with van der Waals surface area (Å²) in [7, 11) is 0. The molecule has 0 aliphatic heterocycles. The number of hydrogen-bond donors (Lipinski definition) is 2. The van der Waals surface area contributed by atoms with Gasteiger partial charge in [-0.15, -0.1) is 0 Å². The van der Waals surface area contributed by atoms with Crippen molar-refractivity contribution in [2.75, 3.05) is 0 Å². The highest BCUT2D eigenvalue weighted by Crippen LogP contribution is 2.31. The monoisotopic (exact) mass is 258 g/mol. The Bertz CT molecular complexity index is 575. The van der Waals surface area contributed by atoms with Crippen LogP contribution >= 0.6 is 0 Å². The zero-order chi connectivity index (χ0) is 13.8. The number of phenols is 1. The molecule has 0 aromatic heterocycles. The third kappa shape index (κ3) is 3.04. The van der Waals surface area contributed by atoms with E-state index in [1.54, 1.807) is 43.3 Å². The van der Waals surface area contributed by atoms with Gasteiger partial charge in [0, 0.05) is 5.56 Å². The van der Waals surface area contributed by atoms with Crippen LogP contribution in [0, 0.1) is 0 Å². The van der Waals surface area contributed by atoms with Gasteiger partial charge in [-0.25, -0.2) is 0 Å². The van der Waals surface area contributed by atoms with Crippen LogP contribution < -0.4 is 4.74 Å². The molecule has 19 heavy (non-hydrogen) atoms. The molecule has 2 aromatic carbocycles. The van der Waals surface area contributed by atoms with Gasteiger partial charge in [-0.3, -0.25) is 4.79 Å². The van der Waals surface area contributed by atoms with E-state index in [-0.39, 0.29) is 5.75 Å². The second-order valence-electron chi connectivity index (χ2n) is 4.19. The Hall–Kier alpha value is -2.49. The maximum Gasteiger partial charge on any atom is 0.310 e. The Kier molecular flexibility index (Phi) is 3.71. The molecule has 0 bridgehead atoms. The second kappa shape index (κ2) is 5.44. The molecule has 0 fully saturated rings. The van der Waals surface area contributed by atoms with Gasteiger partial charge in [0.1, 0.15) is 17.2 Å². The Morgan fingerprint density at radius 2 is 1.74 bits per heavy atom. The van der Waals surface area contributed by atoms with Crippen LogP contribution in [0.3, 0.4) is 0 Å². The van der Waals surface area contributed by atoms with Crippen molar-refractivity contribution >= 4 is 5.97 Å². The molecule has 4 nitrogen and oxygen atoms in total. The van der Waals surface area contributed by atoms with Crippen LogP contribution in [-0.4, -0.2) is 16.2 Å². The average molecular weight is 258 g/mol. The lowest BCUT2D eigenvalue weighted by molar-refractivity contribution is -0.138. The van der Waals surface area contributed by atoms with Crippen molar-refractivity contribution in [1.29, 1.82) is 0 Å². The van der Waals surface area contributed by atoms with Crippen LogP contribution in [0.2, 0.25) is 0 Å². The lowest BCUT2D eigenvalue weighted by Gasteiger charge is -2.13. The fourth-order valence-electron chi connectivity index (χ4n) is 1.71. The number of hydrogen-bond acceptors (Lipinski definition) is 3. The van der Waals surface area contributed by atoms with E-state index in [1.807, 2.05) is 0 Å². The highest BCUT2D eigenvalue weighted by molar-refractivity contribution is 5.76. The number of para-hydroxylation sites is 1. The number of carboxylic acid groups (broad SMARTS) is 1. The molecule has 2 aromatic rings. The first-order chi connectivity index (χ1) is 9.08. The normalized spacial score (nSPS) is 11.8. The molecule has 98 valence electrons. The van der Waals surface area contributed by atoms with Gasteiger partial charge in [0.25, 0.3) is 0 Å². The van der Waals surface area contributed by atoms with E-state index < -0.39 is 11.9 Å². The van der Waals surface area contributed by atoms with Crippen molar-refractivity contribution in [3.8, 4) is 17.2 Å². The van der Waals surface area contributed by atoms with Gasteiger partial charge in [-0.1, -0.05) is 18.2 Å². The molecule has 0 amide bonds. The number of phenolic OH excluding ortho intramolecular Hbond substituents is 1. The van der Waals surface area contributed by atoms with Crippen molar-refractivity contribution in [2.45, 2.75) is 12.8 Å². The van der Waals surface area contributed by atoms with Gasteiger partial charge in [0.2, 0.25) is 0 Å². The highest BCUT2D eigenvalue weighted by Gasteiger charge is 2.18. The van der Waals surface area contributed by atoms with Gasteiger partial charge in [0.05, 0.1) is 5.92 Å². The minimum absolute atomic E-state index is 0.152. The maximum atomic E-state index is 11.1. The van der Waals surface area contributed by atoms with E-state index >= 15 is 0 Å². The van der Waals surface area contributed by atoms with E-state index in [1.165, 1.54) is 12.1 Å². The standard InChI is InChI=1S/C15H14O4/c1-10(15(17)18)13-4-2-3-5-14(13)19-12-8-6-11(16)7-9-12/h2-10,16H,1H3,(H,17,18). The SMILES string of the molecule is CC(C(=O)O)c1ccccc1Oc1ccc(O)cc1. The lowest BCUT2D eigenvalue weighted by Crippen LogP contribution is -2.08. The summed E-state index contributed by atoms with van der Waals surface area (Å²) in [6.45, 7) is 1.61. The molecule has 0 radical (unpaired) electrons. The van der Waals surface area contributed by atoms with Crippen molar-refractivity contribution in [1.82, 2.24) is 0 Å². The summed E-state index contributed by atoms with van der Waals surface area (Å²) in [6, 6.07) is 13.3. The Morgan fingerprint density at radius 3 is 2.37 bits per heavy atom. The second-order valence-corrected chi connectivity index (χ2v) is 4.19. The third-order valence-corrected chi connectivity index (χ3v) is 2.82. The summed E-state index contributed by atoms with van der Waals surface area (Å²) in [5.74, 6) is -0.347. The van der Waals surface area contributed by atoms with E-state index in [0.717, 1.165) is 0 Å². The lowest BCUT2D eigenvalue weighted by atomic mass is 10.0. The first kappa shape index (κ1) is 13.0. The molecule has 1 unspecified atom stereocenters. The molecule has 0 saturated heterocycles.